The Bertz CT molecular complexity index is 1010. The standard InChI is InChI=1S/C19H18N4O3/c24-14-6-12(7-14)17(23-19(26)15-9-20-10-22-18(15)25)13-5-11-3-1-2-4-16(11)21-8-13/h1-5,8-10,12,14,17,24H,6-7H2,(H,23,26)(H,20,22,25)/t12?,14?,17-/m1/s1. The first-order valence-corrected chi connectivity index (χ1v) is 8.48. The maximum absolute atomic E-state index is 12.6. The predicted octanol–water partition coefficient (Wildman–Crippen LogP) is 1.56. The van der Waals surface area contributed by atoms with Crippen LogP contribution >= 0.6 is 0 Å². The van der Waals surface area contributed by atoms with Gasteiger partial charge in [0.2, 0.25) is 0 Å². The Kier molecular flexibility index (Phi) is 4.22. The molecule has 0 spiro atoms. The molecule has 7 heteroatoms. The third-order valence-corrected chi connectivity index (χ3v) is 4.84. The summed E-state index contributed by atoms with van der Waals surface area (Å²) in [4.78, 5) is 35.1. The number of nitrogens with zero attached hydrogens (tertiary/aromatic N) is 2. The highest BCUT2D eigenvalue weighted by Gasteiger charge is 2.36. The highest BCUT2D eigenvalue weighted by Crippen LogP contribution is 2.38. The number of H-pyrrole nitrogens is 1. The molecule has 0 bridgehead atoms. The molecule has 2 heterocycles. The van der Waals surface area contributed by atoms with Gasteiger partial charge in [-0.15, -0.1) is 0 Å². The number of nitrogens with one attached hydrogen (secondary N) is 2. The zero-order valence-electron chi connectivity index (χ0n) is 13.9. The first-order chi connectivity index (χ1) is 12.6. The van der Waals surface area contributed by atoms with Crippen molar-refractivity contribution in [1.82, 2.24) is 20.3 Å². The molecule has 7 nitrogen and oxygen atoms in total. The number of amides is 1. The molecule has 26 heavy (non-hydrogen) atoms. The normalized spacial score (nSPS) is 20.3. The lowest BCUT2D eigenvalue weighted by Crippen LogP contribution is -2.42. The van der Waals surface area contributed by atoms with Gasteiger partial charge in [-0.1, -0.05) is 18.2 Å². The molecule has 1 aliphatic carbocycles. The fraction of sp³-hybridized carbons (Fsp3) is 0.263. The monoisotopic (exact) mass is 350 g/mol. The molecule has 132 valence electrons. The van der Waals surface area contributed by atoms with Crippen LogP contribution in [0.25, 0.3) is 10.9 Å². The molecular formula is C19H18N4O3. The van der Waals surface area contributed by atoms with Crippen LogP contribution in [0, 0.1) is 5.92 Å². The van der Waals surface area contributed by atoms with E-state index in [0.29, 0.717) is 12.8 Å². The van der Waals surface area contributed by atoms with Gasteiger partial charge < -0.3 is 15.4 Å². The second-order valence-corrected chi connectivity index (χ2v) is 6.59. The molecule has 1 aliphatic rings. The summed E-state index contributed by atoms with van der Waals surface area (Å²) in [6.45, 7) is 0. The number of aliphatic hydroxyl groups is 1. The number of aliphatic hydroxyl groups excluding tert-OH is 1. The van der Waals surface area contributed by atoms with Gasteiger partial charge in [-0.3, -0.25) is 14.6 Å². The minimum absolute atomic E-state index is 0.0360. The van der Waals surface area contributed by atoms with E-state index in [1.54, 1.807) is 6.20 Å². The summed E-state index contributed by atoms with van der Waals surface area (Å²) in [5, 5.41) is 13.6. The minimum Gasteiger partial charge on any atom is -0.393 e. The van der Waals surface area contributed by atoms with Crippen LogP contribution in [0.4, 0.5) is 0 Å². The number of carbonyl (C=O) groups is 1. The van der Waals surface area contributed by atoms with E-state index in [-0.39, 0.29) is 23.6 Å². The van der Waals surface area contributed by atoms with Crippen molar-refractivity contribution in [2.75, 3.05) is 0 Å². The Balaban J connectivity index is 1.67. The Morgan fingerprint density at radius 1 is 1.27 bits per heavy atom. The van der Waals surface area contributed by atoms with E-state index in [1.807, 2.05) is 30.3 Å². The fourth-order valence-corrected chi connectivity index (χ4v) is 3.36. The molecule has 4 rings (SSSR count). The second kappa shape index (κ2) is 6.68. The Morgan fingerprint density at radius 3 is 2.85 bits per heavy atom. The molecular weight excluding hydrogens is 332 g/mol. The summed E-state index contributed by atoms with van der Waals surface area (Å²) in [6, 6.07) is 9.41. The van der Waals surface area contributed by atoms with Crippen molar-refractivity contribution in [3.63, 3.8) is 0 Å². The maximum Gasteiger partial charge on any atom is 0.263 e. The van der Waals surface area contributed by atoms with Gasteiger partial charge in [-0.25, -0.2) is 4.98 Å². The molecule has 0 unspecified atom stereocenters. The maximum atomic E-state index is 12.6. The van der Waals surface area contributed by atoms with Gasteiger partial charge >= 0.3 is 0 Å². The molecule has 1 aromatic carbocycles. The lowest BCUT2D eigenvalue weighted by molar-refractivity contribution is 0.0235. The molecule has 3 aromatic rings. The molecule has 1 amide bonds. The second-order valence-electron chi connectivity index (χ2n) is 6.59. The lowest BCUT2D eigenvalue weighted by atomic mass is 9.75. The van der Waals surface area contributed by atoms with Crippen molar-refractivity contribution in [3.05, 3.63) is 70.5 Å². The van der Waals surface area contributed by atoms with Gasteiger partial charge in [0, 0.05) is 17.8 Å². The number of carbonyl (C=O) groups excluding carboxylic acids is 1. The number of benzene rings is 1. The Morgan fingerprint density at radius 2 is 2.08 bits per heavy atom. The SMILES string of the molecule is O=C(N[C@@H](c1cnc2ccccc2c1)C1CC(O)C1)c1cnc[nH]c1=O. The average molecular weight is 350 g/mol. The smallest absolute Gasteiger partial charge is 0.263 e. The Hall–Kier alpha value is -3.06. The van der Waals surface area contributed by atoms with Crippen LogP contribution in [0.3, 0.4) is 0 Å². The number of para-hydroxylation sites is 1. The third-order valence-electron chi connectivity index (χ3n) is 4.84. The largest absolute Gasteiger partial charge is 0.393 e. The van der Waals surface area contributed by atoms with Crippen LogP contribution in [0.1, 0.15) is 34.8 Å². The molecule has 1 atom stereocenters. The van der Waals surface area contributed by atoms with E-state index in [2.05, 4.69) is 20.3 Å². The molecule has 1 saturated carbocycles. The van der Waals surface area contributed by atoms with Gasteiger partial charge in [0.25, 0.3) is 11.5 Å². The number of fused-ring (bicyclic) bond motifs is 1. The summed E-state index contributed by atoms with van der Waals surface area (Å²) in [5.74, 6) is -0.397. The number of hydrogen-bond donors (Lipinski definition) is 3. The van der Waals surface area contributed by atoms with Crippen LogP contribution in [0.5, 0.6) is 0 Å². The Labute approximate surface area is 149 Å². The van der Waals surface area contributed by atoms with Crippen molar-refractivity contribution in [1.29, 1.82) is 0 Å². The number of hydrogen-bond acceptors (Lipinski definition) is 5. The van der Waals surface area contributed by atoms with Crippen LogP contribution in [-0.4, -0.2) is 32.1 Å². The van der Waals surface area contributed by atoms with E-state index in [9.17, 15) is 14.7 Å². The topological polar surface area (TPSA) is 108 Å². The average Bonchev–Trinajstić information content (AvgIpc) is 2.63. The van der Waals surface area contributed by atoms with Gasteiger partial charge in [0.1, 0.15) is 5.56 Å². The quantitative estimate of drug-likeness (QED) is 0.662. The molecule has 1 fully saturated rings. The van der Waals surface area contributed by atoms with E-state index >= 15 is 0 Å². The van der Waals surface area contributed by atoms with Gasteiger partial charge in [-0.05, 0) is 36.5 Å². The minimum atomic E-state index is -0.487. The first kappa shape index (κ1) is 16.4. The number of rotatable bonds is 4. The van der Waals surface area contributed by atoms with Crippen molar-refractivity contribution in [2.45, 2.75) is 25.0 Å². The zero-order chi connectivity index (χ0) is 18.1. The van der Waals surface area contributed by atoms with E-state index in [0.717, 1.165) is 16.5 Å². The van der Waals surface area contributed by atoms with Crippen molar-refractivity contribution < 1.29 is 9.90 Å². The highest BCUT2D eigenvalue weighted by atomic mass is 16.3. The van der Waals surface area contributed by atoms with Crippen LogP contribution < -0.4 is 10.9 Å². The first-order valence-electron chi connectivity index (χ1n) is 8.48. The summed E-state index contributed by atoms with van der Waals surface area (Å²) in [6.07, 6.45) is 5.08. The van der Waals surface area contributed by atoms with Crippen LogP contribution in [-0.2, 0) is 0 Å². The number of pyridine rings is 1. The van der Waals surface area contributed by atoms with Crippen molar-refractivity contribution in [3.8, 4) is 0 Å². The summed E-state index contributed by atoms with van der Waals surface area (Å²) < 4.78 is 0. The molecule has 3 N–H and O–H groups in total. The number of aromatic nitrogens is 3. The summed E-state index contributed by atoms with van der Waals surface area (Å²) in [5.41, 5.74) is 1.21. The van der Waals surface area contributed by atoms with E-state index in [1.165, 1.54) is 12.5 Å². The summed E-state index contributed by atoms with van der Waals surface area (Å²) in [7, 11) is 0. The molecule has 0 aliphatic heterocycles. The lowest BCUT2D eigenvalue weighted by Gasteiger charge is -2.38. The zero-order valence-corrected chi connectivity index (χ0v) is 13.9. The molecule has 0 saturated heterocycles. The van der Waals surface area contributed by atoms with Gasteiger partial charge in [0.05, 0.1) is 24.0 Å². The van der Waals surface area contributed by atoms with Crippen molar-refractivity contribution in [2.24, 2.45) is 5.92 Å². The molecule has 2 aromatic heterocycles. The van der Waals surface area contributed by atoms with Crippen LogP contribution in [0.2, 0.25) is 0 Å². The van der Waals surface area contributed by atoms with Crippen LogP contribution in [0.15, 0.2) is 53.8 Å². The third kappa shape index (κ3) is 3.09. The number of aromatic amines is 1. The fourth-order valence-electron chi connectivity index (χ4n) is 3.36. The molecule has 0 radical (unpaired) electrons. The van der Waals surface area contributed by atoms with Gasteiger partial charge in [0.15, 0.2) is 0 Å². The van der Waals surface area contributed by atoms with Gasteiger partial charge in [-0.2, -0.15) is 0 Å². The highest BCUT2D eigenvalue weighted by molar-refractivity contribution is 5.93. The van der Waals surface area contributed by atoms with E-state index in [4.69, 9.17) is 0 Å². The van der Waals surface area contributed by atoms with E-state index < -0.39 is 11.5 Å². The predicted molar refractivity (Wildman–Crippen MR) is 95.5 cm³/mol. The van der Waals surface area contributed by atoms with Crippen molar-refractivity contribution >= 4 is 16.8 Å². The summed E-state index contributed by atoms with van der Waals surface area (Å²) >= 11 is 0.